The third-order valence-corrected chi connectivity index (χ3v) is 3.41. The van der Waals surface area contributed by atoms with Crippen molar-refractivity contribution in [2.45, 2.75) is 39.5 Å². The van der Waals surface area contributed by atoms with Gasteiger partial charge in [-0.05, 0) is 45.2 Å². The molecule has 0 amide bonds. The quantitative estimate of drug-likeness (QED) is 0.302. The molecule has 0 atom stereocenters. The van der Waals surface area contributed by atoms with E-state index >= 15 is 0 Å². The maximum absolute atomic E-state index is 8.66. The normalized spacial score (nSPS) is 18.1. The number of rotatable bonds is 7. The highest BCUT2D eigenvalue weighted by Crippen LogP contribution is 2.29. The molecule has 0 unspecified atom stereocenters. The Bertz CT molecular complexity index is 247. The van der Waals surface area contributed by atoms with Crippen molar-refractivity contribution in [2.24, 2.45) is 22.2 Å². The summed E-state index contributed by atoms with van der Waals surface area (Å²) in [7, 11) is 2.18. The van der Waals surface area contributed by atoms with Crippen LogP contribution in [-0.2, 0) is 0 Å². The van der Waals surface area contributed by atoms with Crippen molar-refractivity contribution in [3.63, 3.8) is 0 Å². The second-order valence-corrected chi connectivity index (χ2v) is 5.68. The molecular formula is C12H25N3O. The second kappa shape index (κ2) is 5.53. The lowest BCUT2D eigenvalue weighted by molar-refractivity contribution is 0.285. The lowest BCUT2D eigenvalue weighted by atomic mass is 9.86. The van der Waals surface area contributed by atoms with E-state index in [2.05, 4.69) is 17.1 Å². The van der Waals surface area contributed by atoms with E-state index in [1.807, 2.05) is 13.8 Å². The summed E-state index contributed by atoms with van der Waals surface area (Å²) in [5.41, 5.74) is 5.45. The van der Waals surface area contributed by atoms with Crippen LogP contribution in [0.4, 0.5) is 0 Å². The molecule has 1 saturated carbocycles. The minimum absolute atomic E-state index is 0.199. The predicted molar refractivity (Wildman–Crippen MR) is 66.6 cm³/mol. The fraction of sp³-hybridized carbons (Fsp3) is 0.917. The summed E-state index contributed by atoms with van der Waals surface area (Å²) in [6.45, 7) is 6.36. The fourth-order valence-corrected chi connectivity index (χ4v) is 1.89. The molecular weight excluding hydrogens is 202 g/mol. The topological polar surface area (TPSA) is 61.8 Å². The molecule has 4 nitrogen and oxygen atoms in total. The van der Waals surface area contributed by atoms with E-state index in [0.717, 1.165) is 25.3 Å². The van der Waals surface area contributed by atoms with Gasteiger partial charge in [0.25, 0.3) is 0 Å². The standard InChI is InChI=1S/C12H25N3O/c1-12(2,11(13)14-16)7-4-8-15(3)9-10-5-6-10/h10,16H,4-9H2,1-3H3,(H2,13,14). The van der Waals surface area contributed by atoms with Gasteiger partial charge in [0, 0.05) is 12.0 Å². The molecule has 0 aromatic rings. The number of oxime groups is 1. The Morgan fingerprint density at radius 1 is 1.50 bits per heavy atom. The number of nitrogens with zero attached hydrogens (tertiary/aromatic N) is 2. The van der Waals surface area contributed by atoms with Gasteiger partial charge in [-0.2, -0.15) is 0 Å². The van der Waals surface area contributed by atoms with Gasteiger partial charge < -0.3 is 15.8 Å². The van der Waals surface area contributed by atoms with E-state index in [4.69, 9.17) is 10.9 Å². The summed E-state index contributed by atoms with van der Waals surface area (Å²) in [4.78, 5) is 2.39. The minimum Gasteiger partial charge on any atom is -0.409 e. The number of amidine groups is 1. The number of nitrogens with two attached hydrogens (primary N) is 1. The summed E-state index contributed by atoms with van der Waals surface area (Å²) in [6, 6.07) is 0. The third-order valence-electron chi connectivity index (χ3n) is 3.41. The highest BCUT2D eigenvalue weighted by Gasteiger charge is 2.25. The van der Waals surface area contributed by atoms with E-state index in [0.29, 0.717) is 5.84 Å². The SMILES string of the molecule is CN(CCCC(C)(C)C(N)=NO)CC1CC1. The Morgan fingerprint density at radius 3 is 2.62 bits per heavy atom. The average Bonchev–Trinajstić information content (AvgIpc) is 3.00. The maximum atomic E-state index is 8.66. The van der Waals surface area contributed by atoms with E-state index in [9.17, 15) is 0 Å². The largest absolute Gasteiger partial charge is 0.409 e. The smallest absolute Gasteiger partial charge is 0.144 e. The first-order chi connectivity index (χ1) is 7.45. The van der Waals surface area contributed by atoms with E-state index in [1.54, 1.807) is 0 Å². The van der Waals surface area contributed by atoms with Crippen LogP contribution >= 0.6 is 0 Å². The van der Waals surface area contributed by atoms with Gasteiger partial charge in [0.15, 0.2) is 0 Å². The van der Waals surface area contributed by atoms with E-state index < -0.39 is 0 Å². The van der Waals surface area contributed by atoms with Crippen LogP contribution in [0.25, 0.3) is 0 Å². The molecule has 0 aliphatic heterocycles. The van der Waals surface area contributed by atoms with Gasteiger partial charge in [0.2, 0.25) is 0 Å². The van der Waals surface area contributed by atoms with Gasteiger partial charge in [-0.15, -0.1) is 0 Å². The minimum atomic E-state index is -0.199. The van der Waals surface area contributed by atoms with Gasteiger partial charge in [-0.1, -0.05) is 19.0 Å². The van der Waals surface area contributed by atoms with Crippen molar-refractivity contribution in [1.82, 2.24) is 4.90 Å². The zero-order valence-corrected chi connectivity index (χ0v) is 10.7. The van der Waals surface area contributed by atoms with Crippen LogP contribution in [0.1, 0.15) is 39.5 Å². The molecule has 1 aliphatic rings. The van der Waals surface area contributed by atoms with Crippen LogP contribution in [0, 0.1) is 11.3 Å². The molecule has 0 aromatic carbocycles. The molecule has 1 rings (SSSR count). The van der Waals surface area contributed by atoms with Crippen LogP contribution in [0.15, 0.2) is 5.16 Å². The van der Waals surface area contributed by atoms with Gasteiger partial charge in [-0.25, -0.2) is 0 Å². The van der Waals surface area contributed by atoms with Gasteiger partial charge in [-0.3, -0.25) is 0 Å². The van der Waals surface area contributed by atoms with Crippen LogP contribution in [0.3, 0.4) is 0 Å². The molecule has 3 N–H and O–H groups in total. The molecule has 0 aromatic heterocycles. The van der Waals surface area contributed by atoms with Crippen LogP contribution < -0.4 is 5.73 Å². The Kier molecular flexibility index (Phi) is 4.59. The second-order valence-electron chi connectivity index (χ2n) is 5.68. The summed E-state index contributed by atoms with van der Waals surface area (Å²) in [5, 5.41) is 11.8. The Labute approximate surface area is 98.5 Å². The third kappa shape index (κ3) is 4.39. The van der Waals surface area contributed by atoms with E-state index in [-0.39, 0.29) is 5.41 Å². The Hall–Kier alpha value is -0.770. The first-order valence-corrected chi connectivity index (χ1v) is 6.12. The van der Waals surface area contributed by atoms with Crippen molar-refractivity contribution in [3.8, 4) is 0 Å². The van der Waals surface area contributed by atoms with Crippen molar-refractivity contribution in [2.75, 3.05) is 20.1 Å². The average molecular weight is 227 g/mol. The molecule has 0 heterocycles. The first kappa shape index (κ1) is 13.3. The van der Waals surface area contributed by atoms with Crippen molar-refractivity contribution in [3.05, 3.63) is 0 Å². The first-order valence-electron chi connectivity index (χ1n) is 6.12. The van der Waals surface area contributed by atoms with E-state index in [1.165, 1.54) is 19.4 Å². The summed E-state index contributed by atoms with van der Waals surface area (Å²) >= 11 is 0. The van der Waals surface area contributed by atoms with Crippen LogP contribution in [0.2, 0.25) is 0 Å². The highest BCUT2D eigenvalue weighted by atomic mass is 16.4. The van der Waals surface area contributed by atoms with Gasteiger partial charge >= 0.3 is 0 Å². The summed E-state index contributed by atoms with van der Waals surface area (Å²) < 4.78 is 0. The molecule has 0 spiro atoms. The van der Waals surface area contributed by atoms with Gasteiger partial charge in [0.1, 0.15) is 5.84 Å². The number of hydrogen-bond donors (Lipinski definition) is 2. The number of hydrogen-bond acceptors (Lipinski definition) is 3. The Morgan fingerprint density at radius 2 is 2.12 bits per heavy atom. The zero-order chi connectivity index (χ0) is 12.2. The molecule has 4 heteroatoms. The lowest BCUT2D eigenvalue weighted by Gasteiger charge is -2.24. The fourth-order valence-electron chi connectivity index (χ4n) is 1.89. The van der Waals surface area contributed by atoms with Crippen molar-refractivity contribution in [1.29, 1.82) is 0 Å². The highest BCUT2D eigenvalue weighted by molar-refractivity contribution is 5.85. The predicted octanol–water partition coefficient (Wildman–Crippen LogP) is 1.88. The monoisotopic (exact) mass is 227 g/mol. The summed E-state index contributed by atoms with van der Waals surface area (Å²) in [6.07, 6.45) is 4.85. The molecule has 0 saturated heterocycles. The molecule has 1 aliphatic carbocycles. The van der Waals surface area contributed by atoms with Gasteiger partial charge in [0.05, 0.1) is 0 Å². The Balaban J connectivity index is 2.17. The lowest BCUT2D eigenvalue weighted by Crippen LogP contribution is -2.33. The van der Waals surface area contributed by atoms with Crippen LogP contribution in [0.5, 0.6) is 0 Å². The summed E-state index contributed by atoms with van der Waals surface area (Å²) in [5.74, 6) is 1.28. The molecule has 1 fully saturated rings. The molecule has 16 heavy (non-hydrogen) atoms. The molecule has 94 valence electrons. The van der Waals surface area contributed by atoms with Crippen LogP contribution in [-0.4, -0.2) is 36.1 Å². The maximum Gasteiger partial charge on any atom is 0.144 e. The van der Waals surface area contributed by atoms with Crippen molar-refractivity contribution < 1.29 is 5.21 Å². The zero-order valence-electron chi connectivity index (χ0n) is 10.7. The molecule has 0 radical (unpaired) electrons. The molecule has 0 bridgehead atoms. The van der Waals surface area contributed by atoms with Crippen molar-refractivity contribution >= 4 is 5.84 Å².